The first-order chi connectivity index (χ1) is 8.19. The molecule has 1 aliphatic carbocycles. The van der Waals surface area contributed by atoms with E-state index in [2.05, 4.69) is 18.3 Å². The Morgan fingerprint density at radius 1 is 1.29 bits per heavy atom. The summed E-state index contributed by atoms with van der Waals surface area (Å²) in [7, 11) is 0. The summed E-state index contributed by atoms with van der Waals surface area (Å²) in [6.07, 6.45) is 5.01. The van der Waals surface area contributed by atoms with Gasteiger partial charge in [0.15, 0.2) is 0 Å². The van der Waals surface area contributed by atoms with Crippen molar-refractivity contribution in [3.05, 3.63) is 23.8 Å². The van der Waals surface area contributed by atoms with Gasteiger partial charge in [0.2, 0.25) is 0 Å². The normalized spacial score (nSPS) is 24.0. The highest BCUT2D eigenvalue weighted by atomic mass is 14.9. The van der Waals surface area contributed by atoms with Gasteiger partial charge in [-0.05, 0) is 49.8 Å². The lowest BCUT2D eigenvalue weighted by Crippen LogP contribution is -2.25. The van der Waals surface area contributed by atoms with E-state index in [0.29, 0.717) is 17.3 Å². The Morgan fingerprint density at radius 2 is 2.00 bits per heavy atom. The van der Waals surface area contributed by atoms with E-state index in [0.717, 1.165) is 11.6 Å². The summed E-state index contributed by atoms with van der Waals surface area (Å²) in [5.74, 6) is 0.856. The molecule has 0 spiro atoms. The molecule has 0 saturated heterocycles. The molecule has 90 valence electrons. The van der Waals surface area contributed by atoms with Gasteiger partial charge in [-0.1, -0.05) is 6.92 Å². The highest BCUT2D eigenvalue weighted by Crippen LogP contribution is 2.26. The Labute approximate surface area is 103 Å². The fraction of sp³-hybridized carbons (Fsp3) is 0.500. The average molecular weight is 229 g/mol. The highest BCUT2D eigenvalue weighted by Gasteiger charge is 2.17. The molecule has 1 fully saturated rings. The molecule has 3 nitrogen and oxygen atoms in total. The minimum Gasteiger partial charge on any atom is -0.398 e. The summed E-state index contributed by atoms with van der Waals surface area (Å²) in [6, 6.07) is 8.25. The van der Waals surface area contributed by atoms with Gasteiger partial charge in [0.05, 0.1) is 5.56 Å². The van der Waals surface area contributed by atoms with Gasteiger partial charge in [-0.15, -0.1) is 0 Å². The lowest BCUT2D eigenvalue weighted by Gasteiger charge is -2.27. The van der Waals surface area contributed by atoms with Crippen LogP contribution in [0.3, 0.4) is 0 Å². The van der Waals surface area contributed by atoms with Crippen molar-refractivity contribution in [2.45, 2.75) is 38.6 Å². The summed E-state index contributed by atoms with van der Waals surface area (Å²) in [6.45, 7) is 2.31. The maximum Gasteiger partial charge on any atom is 0.101 e. The smallest absolute Gasteiger partial charge is 0.101 e. The minimum absolute atomic E-state index is 0.543. The number of hydrogen-bond donors (Lipinski definition) is 2. The Morgan fingerprint density at radius 3 is 2.65 bits per heavy atom. The Kier molecular flexibility index (Phi) is 3.53. The fourth-order valence-corrected chi connectivity index (χ4v) is 2.38. The molecule has 3 N–H and O–H groups in total. The second-order valence-electron chi connectivity index (χ2n) is 5.01. The van der Waals surface area contributed by atoms with Crippen LogP contribution in [-0.2, 0) is 0 Å². The maximum absolute atomic E-state index is 8.93. The van der Waals surface area contributed by atoms with Crippen molar-refractivity contribution in [2.24, 2.45) is 5.92 Å². The van der Waals surface area contributed by atoms with Gasteiger partial charge in [-0.2, -0.15) is 5.26 Å². The van der Waals surface area contributed by atoms with Crippen LogP contribution in [0.5, 0.6) is 0 Å². The second kappa shape index (κ2) is 5.09. The summed E-state index contributed by atoms with van der Waals surface area (Å²) in [4.78, 5) is 0. The van der Waals surface area contributed by atoms with Crippen molar-refractivity contribution >= 4 is 11.4 Å². The fourth-order valence-electron chi connectivity index (χ4n) is 2.38. The first kappa shape index (κ1) is 11.8. The number of nitrogens with zero attached hydrogens (tertiary/aromatic N) is 1. The highest BCUT2D eigenvalue weighted by molar-refractivity contribution is 5.62. The third-order valence-electron chi connectivity index (χ3n) is 3.56. The van der Waals surface area contributed by atoms with E-state index in [-0.39, 0.29) is 0 Å². The van der Waals surface area contributed by atoms with Crippen molar-refractivity contribution in [2.75, 3.05) is 11.1 Å². The van der Waals surface area contributed by atoms with Crippen LogP contribution in [0.15, 0.2) is 18.2 Å². The van der Waals surface area contributed by atoms with Gasteiger partial charge in [0.1, 0.15) is 6.07 Å². The minimum atomic E-state index is 0.543. The molecule has 1 aromatic rings. The molecule has 0 radical (unpaired) electrons. The molecule has 1 aromatic carbocycles. The van der Waals surface area contributed by atoms with Crippen LogP contribution in [0.25, 0.3) is 0 Å². The van der Waals surface area contributed by atoms with Gasteiger partial charge in [0, 0.05) is 17.4 Å². The Hall–Kier alpha value is -1.69. The molecule has 1 saturated carbocycles. The van der Waals surface area contributed by atoms with Crippen molar-refractivity contribution in [3.8, 4) is 6.07 Å². The number of nitrogens with two attached hydrogens (primary N) is 1. The summed E-state index contributed by atoms with van der Waals surface area (Å²) < 4.78 is 0. The average Bonchev–Trinajstić information content (AvgIpc) is 2.34. The van der Waals surface area contributed by atoms with Crippen molar-refractivity contribution in [1.29, 1.82) is 5.26 Å². The number of nitrogens with one attached hydrogen (secondary N) is 1. The van der Waals surface area contributed by atoms with Crippen LogP contribution < -0.4 is 11.1 Å². The molecule has 0 heterocycles. The number of rotatable bonds is 2. The van der Waals surface area contributed by atoms with E-state index in [1.54, 1.807) is 6.07 Å². The predicted molar refractivity (Wildman–Crippen MR) is 70.6 cm³/mol. The van der Waals surface area contributed by atoms with E-state index in [1.165, 1.54) is 25.7 Å². The zero-order chi connectivity index (χ0) is 12.3. The molecule has 0 aromatic heterocycles. The molecule has 0 bridgehead atoms. The zero-order valence-corrected chi connectivity index (χ0v) is 10.2. The molecule has 0 aliphatic heterocycles. The lowest BCUT2D eigenvalue weighted by atomic mass is 9.87. The molecular weight excluding hydrogens is 210 g/mol. The number of hydrogen-bond acceptors (Lipinski definition) is 3. The summed E-state index contributed by atoms with van der Waals surface area (Å²) >= 11 is 0. The van der Waals surface area contributed by atoms with Crippen molar-refractivity contribution < 1.29 is 0 Å². The summed E-state index contributed by atoms with van der Waals surface area (Å²) in [5, 5.41) is 12.4. The first-order valence-corrected chi connectivity index (χ1v) is 6.25. The summed E-state index contributed by atoms with van der Waals surface area (Å²) in [5.41, 5.74) is 7.82. The van der Waals surface area contributed by atoms with Crippen LogP contribution in [0.2, 0.25) is 0 Å². The van der Waals surface area contributed by atoms with E-state index in [9.17, 15) is 0 Å². The van der Waals surface area contributed by atoms with E-state index < -0.39 is 0 Å². The van der Waals surface area contributed by atoms with Crippen LogP contribution in [-0.4, -0.2) is 6.04 Å². The topological polar surface area (TPSA) is 61.8 Å². The Bertz CT molecular complexity index is 426. The maximum atomic E-state index is 8.93. The van der Waals surface area contributed by atoms with Crippen LogP contribution in [0.4, 0.5) is 11.4 Å². The molecule has 0 unspecified atom stereocenters. The van der Waals surface area contributed by atoms with Crippen LogP contribution >= 0.6 is 0 Å². The van der Waals surface area contributed by atoms with Gasteiger partial charge in [-0.25, -0.2) is 0 Å². The monoisotopic (exact) mass is 229 g/mol. The van der Waals surface area contributed by atoms with E-state index in [4.69, 9.17) is 11.0 Å². The van der Waals surface area contributed by atoms with Gasteiger partial charge in [0.25, 0.3) is 0 Å². The number of anilines is 2. The molecule has 2 rings (SSSR count). The van der Waals surface area contributed by atoms with Crippen LogP contribution in [0.1, 0.15) is 38.2 Å². The third-order valence-corrected chi connectivity index (χ3v) is 3.56. The Balaban J connectivity index is 2.02. The molecule has 0 amide bonds. The quantitative estimate of drug-likeness (QED) is 0.766. The number of nitrogen functional groups attached to an aromatic ring is 1. The molecule has 1 aliphatic rings. The molecule has 0 atom stereocenters. The van der Waals surface area contributed by atoms with Crippen molar-refractivity contribution in [1.82, 2.24) is 0 Å². The standard InChI is InChI=1S/C14H19N3/c1-10-2-4-12(5-3-10)17-13-6-7-14(16)11(8-13)9-15/h6-8,10,12,17H,2-5,16H2,1H3. The van der Waals surface area contributed by atoms with E-state index >= 15 is 0 Å². The first-order valence-electron chi connectivity index (χ1n) is 6.25. The lowest BCUT2D eigenvalue weighted by molar-refractivity contribution is 0.361. The SMILES string of the molecule is CC1CCC(Nc2ccc(N)c(C#N)c2)CC1. The predicted octanol–water partition coefficient (Wildman–Crippen LogP) is 3.13. The number of nitriles is 1. The molecular formula is C14H19N3. The van der Waals surface area contributed by atoms with Gasteiger partial charge >= 0.3 is 0 Å². The van der Waals surface area contributed by atoms with Crippen molar-refractivity contribution in [3.63, 3.8) is 0 Å². The molecule has 3 heteroatoms. The van der Waals surface area contributed by atoms with Gasteiger partial charge in [-0.3, -0.25) is 0 Å². The zero-order valence-electron chi connectivity index (χ0n) is 10.2. The second-order valence-corrected chi connectivity index (χ2v) is 5.01. The van der Waals surface area contributed by atoms with Gasteiger partial charge < -0.3 is 11.1 Å². The number of benzene rings is 1. The molecule has 17 heavy (non-hydrogen) atoms. The largest absolute Gasteiger partial charge is 0.398 e. The third kappa shape index (κ3) is 2.91. The van der Waals surface area contributed by atoms with Crippen LogP contribution in [0, 0.1) is 17.2 Å². The van der Waals surface area contributed by atoms with E-state index in [1.807, 2.05) is 12.1 Å².